The summed E-state index contributed by atoms with van der Waals surface area (Å²) in [6, 6.07) is 10.9. The molecule has 6 nitrogen and oxygen atoms in total. The zero-order valence-corrected chi connectivity index (χ0v) is 21.6. The van der Waals surface area contributed by atoms with Crippen molar-refractivity contribution >= 4 is 17.5 Å². The highest BCUT2D eigenvalue weighted by Gasteiger charge is 2.39. The predicted molar refractivity (Wildman–Crippen MR) is 140 cm³/mol. The van der Waals surface area contributed by atoms with Crippen molar-refractivity contribution in [2.24, 2.45) is 5.92 Å². The lowest BCUT2D eigenvalue weighted by Crippen LogP contribution is -2.51. The minimum atomic E-state index is -0.781. The summed E-state index contributed by atoms with van der Waals surface area (Å²) >= 11 is 0. The fourth-order valence-electron chi connectivity index (χ4n) is 5.28. The van der Waals surface area contributed by atoms with Gasteiger partial charge < -0.3 is 10.6 Å². The molecular weight excluding hydrogens is 436 g/mol. The van der Waals surface area contributed by atoms with Gasteiger partial charge in [0.05, 0.1) is 6.04 Å². The van der Waals surface area contributed by atoms with E-state index < -0.39 is 6.04 Å². The molecule has 0 radical (unpaired) electrons. The first-order chi connectivity index (χ1) is 16.7. The maximum Gasteiger partial charge on any atom is 0.248 e. The van der Waals surface area contributed by atoms with E-state index in [4.69, 9.17) is 0 Å². The first-order valence-electron chi connectivity index (χ1n) is 13.1. The van der Waals surface area contributed by atoms with Gasteiger partial charge >= 0.3 is 0 Å². The Morgan fingerprint density at radius 1 is 1.09 bits per heavy atom. The standard InChI is InChI=1S/C29H40N4O2/c1-20-17-25(31-18-20)28(35)33(24-14-12-22(13-15-24)29(2,3)4)26(21-9-8-16-30-19-21)27(34)32-23-10-6-5-7-11-23/h8-9,12-16,19-20,23,25-26,31H,5-7,10-11,17-18H2,1-4H3,(H,32,34). The van der Waals surface area contributed by atoms with Crippen LogP contribution in [-0.4, -0.2) is 35.4 Å². The molecule has 3 unspecified atom stereocenters. The minimum Gasteiger partial charge on any atom is -0.351 e. The maximum absolute atomic E-state index is 14.0. The number of carbonyl (C=O) groups is 2. The van der Waals surface area contributed by atoms with Gasteiger partial charge in [-0.05, 0) is 60.9 Å². The molecule has 2 aromatic rings. The molecule has 1 saturated heterocycles. The Morgan fingerprint density at radius 2 is 1.80 bits per heavy atom. The van der Waals surface area contributed by atoms with Crippen molar-refractivity contribution in [1.29, 1.82) is 0 Å². The molecule has 6 heteroatoms. The molecule has 1 saturated carbocycles. The lowest BCUT2D eigenvalue weighted by Gasteiger charge is -2.35. The summed E-state index contributed by atoms with van der Waals surface area (Å²) in [7, 11) is 0. The second kappa shape index (κ2) is 10.9. The van der Waals surface area contributed by atoms with Crippen LogP contribution in [0.3, 0.4) is 0 Å². The van der Waals surface area contributed by atoms with Gasteiger partial charge in [0.2, 0.25) is 11.8 Å². The highest BCUT2D eigenvalue weighted by Crippen LogP contribution is 2.33. The van der Waals surface area contributed by atoms with Crippen molar-refractivity contribution in [1.82, 2.24) is 15.6 Å². The van der Waals surface area contributed by atoms with Crippen LogP contribution < -0.4 is 15.5 Å². The zero-order chi connectivity index (χ0) is 25.0. The summed E-state index contributed by atoms with van der Waals surface area (Å²) in [6.45, 7) is 9.47. The van der Waals surface area contributed by atoms with E-state index in [2.05, 4.69) is 55.4 Å². The lowest BCUT2D eigenvalue weighted by atomic mass is 9.87. The van der Waals surface area contributed by atoms with Crippen molar-refractivity contribution in [3.63, 3.8) is 0 Å². The molecule has 1 aliphatic carbocycles. The number of rotatable bonds is 6. The van der Waals surface area contributed by atoms with Crippen LogP contribution in [0.1, 0.15) is 83.4 Å². The van der Waals surface area contributed by atoms with Crippen LogP contribution in [0.2, 0.25) is 0 Å². The van der Waals surface area contributed by atoms with Gasteiger partial charge in [-0.25, -0.2) is 0 Å². The molecular formula is C29H40N4O2. The third-order valence-electron chi connectivity index (χ3n) is 7.36. The quantitative estimate of drug-likeness (QED) is 0.622. The number of nitrogens with one attached hydrogen (secondary N) is 2. The molecule has 2 N–H and O–H groups in total. The summed E-state index contributed by atoms with van der Waals surface area (Å²) in [5, 5.41) is 6.66. The minimum absolute atomic E-state index is 0.00306. The average molecular weight is 477 g/mol. The van der Waals surface area contributed by atoms with Crippen molar-refractivity contribution in [2.45, 2.75) is 89.8 Å². The predicted octanol–water partition coefficient (Wildman–Crippen LogP) is 4.90. The van der Waals surface area contributed by atoms with E-state index in [-0.39, 0.29) is 29.3 Å². The number of aromatic nitrogens is 1. The Hall–Kier alpha value is -2.73. The second-order valence-electron chi connectivity index (χ2n) is 11.3. The smallest absolute Gasteiger partial charge is 0.248 e. The van der Waals surface area contributed by atoms with E-state index in [0.717, 1.165) is 49.9 Å². The number of anilines is 1. The maximum atomic E-state index is 14.0. The number of amides is 2. The van der Waals surface area contributed by atoms with Gasteiger partial charge in [-0.2, -0.15) is 0 Å². The summed E-state index contributed by atoms with van der Waals surface area (Å²) in [4.78, 5) is 33.9. The fraction of sp³-hybridized carbons (Fsp3) is 0.552. The number of benzene rings is 1. The monoisotopic (exact) mass is 476 g/mol. The molecule has 2 heterocycles. The first kappa shape index (κ1) is 25.4. The molecule has 2 fully saturated rings. The Morgan fingerprint density at radius 3 is 2.37 bits per heavy atom. The van der Waals surface area contributed by atoms with Crippen molar-refractivity contribution < 1.29 is 9.59 Å². The zero-order valence-electron chi connectivity index (χ0n) is 21.6. The molecule has 1 aromatic heterocycles. The van der Waals surface area contributed by atoms with Crippen LogP contribution in [0.25, 0.3) is 0 Å². The largest absolute Gasteiger partial charge is 0.351 e. The van der Waals surface area contributed by atoms with Crippen LogP contribution >= 0.6 is 0 Å². The normalized spacial score (nSPS) is 21.9. The molecule has 35 heavy (non-hydrogen) atoms. The summed E-state index contributed by atoms with van der Waals surface area (Å²) in [6.07, 6.45) is 9.62. The van der Waals surface area contributed by atoms with Gasteiger partial charge in [0.15, 0.2) is 0 Å². The van der Waals surface area contributed by atoms with Crippen molar-refractivity contribution in [3.8, 4) is 0 Å². The Kier molecular flexibility index (Phi) is 7.90. The van der Waals surface area contributed by atoms with Gasteiger partial charge in [0, 0.05) is 29.7 Å². The highest BCUT2D eigenvalue weighted by atomic mass is 16.2. The third kappa shape index (κ3) is 6.10. The number of hydrogen-bond donors (Lipinski definition) is 2. The molecule has 4 rings (SSSR count). The van der Waals surface area contributed by atoms with Gasteiger partial charge in [-0.15, -0.1) is 0 Å². The summed E-state index contributed by atoms with van der Waals surface area (Å²) in [5.41, 5.74) is 2.64. The topological polar surface area (TPSA) is 74.3 Å². The molecule has 2 aliphatic rings. The average Bonchev–Trinajstić information content (AvgIpc) is 3.29. The first-order valence-corrected chi connectivity index (χ1v) is 13.1. The molecule has 1 aliphatic heterocycles. The van der Waals surface area contributed by atoms with Crippen LogP contribution in [0.5, 0.6) is 0 Å². The Labute approximate surface area is 209 Å². The van der Waals surface area contributed by atoms with Crippen LogP contribution in [-0.2, 0) is 15.0 Å². The van der Waals surface area contributed by atoms with E-state index in [0.29, 0.717) is 5.92 Å². The van der Waals surface area contributed by atoms with E-state index >= 15 is 0 Å². The lowest BCUT2D eigenvalue weighted by molar-refractivity contribution is -0.128. The molecule has 2 amide bonds. The second-order valence-corrected chi connectivity index (χ2v) is 11.3. The Bertz CT molecular complexity index is 994. The van der Waals surface area contributed by atoms with Gasteiger partial charge in [0.25, 0.3) is 0 Å². The van der Waals surface area contributed by atoms with E-state index in [1.54, 1.807) is 17.3 Å². The summed E-state index contributed by atoms with van der Waals surface area (Å²) < 4.78 is 0. The number of pyridine rings is 1. The molecule has 0 bridgehead atoms. The molecule has 0 spiro atoms. The van der Waals surface area contributed by atoms with Gasteiger partial charge in [-0.1, -0.05) is 65.2 Å². The Balaban J connectivity index is 1.74. The van der Waals surface area contributed by atoms with E-state index in [1.165, 1.54) is 12.0 Å². The molecule has 3 atom stereocenters. The number of carbonyl (C=O) groups excluding carboxylic acids is 2. The fourth-order valence-corrected chi connectivity index (χ4v) is 5.28. The number of hydrogen-bond acceptors (Lipinski definition) is 4. The van der Waals surface area contributed by atoms with E-state index in [9.17, 15) is 9.59 Å². The van der Waals surface area contributed by atoms with Gasteiger partial charge in [0.1, 0.15) is 6.04 Å². The summed E-state index contributed by atoms with van der Waals surface area (Å²) in [5.74, 6) is 0.219. The van der Waals surface area contributed by atoms with Crippen LogP contribution in [0, 0.1) is 5.92 Å². The number of nitrogens with zero attached hydrogens (tertiary/aromatic N) is 2. The molecule has 1 aromatic carbocycles. The van der Waals surface area contributed by atoms with Crippen LogP contribution in [0.4, 0.5) is 5.69 Å². The third-order valence-corrected chi connectivity index (χ3v) is 7.36. The molecule has 188 valence electrons. The van der Waals surface area contributed by atoms with Crippen molar-refractivity contribution in [2.75, 3.05) is 11.4 Å². The highest BCUT2D eigenvalue weighted by molar-refractivity contribution is 6.04. The van der Waals surface area contributed by atoms with E-state index in [1.807, 2.05) is 24.3 Å². The SMILES string of the molecule is CC1CNC(C(=O)N(c2ccc(C(C)(C)C)cc2)C(C(=O)NC2CCCCC2)c2cccnc2)C1. The van der Waals surface area contributed by atoms with Gasteiger partial charge in [-0.3, -0.25) is 19.5 Å². The van der Waals surface area contributed by atoms with Crippen LogP contribution in [0.15, 0.2) is 48.8 Å². The van der Waals surface area contributed by atoms with Crippen molar-refractivity contribution in [3.05, 3.63) is 59.9 Å².